The van der Waals surface area contributed by atoms with E-state index in [1.54, 1.807) is 0 Å². The second-order valence-corrected chi connectivity index (χ2v) is 5.57. The summed E-state index contributed by atoms with van der Waals surface area (Å²) in [6.45, 7) is 7.24. The van der Waals surface area contributed by atoms with Crippen LogP contribution in [-0.2, 0) is 4.79 Å². The standard InChI is InChI=1S/C13H25N3O2.ClH/c1-13(4-2-3-5-14-13)12(18)16-8-6-15(7-9-16)10-11-17;/h14,17H,2-11H2,1H3;1H. The number of carbonyl (C=O) groups excluding carboxylic acids is 1. The maximum atomic E-state index is 12.5. The Kier molecular flexibility index (Phi) is 6.53. The van der Waals surface area contributed by atoms with E-state index in [9.17, 15) is 4.79 Å². The van der Waals surface area contributed by atoms with Crippen molar-refractivity contribution in [2.24, 2.45) is 0 Å². The van der Waals surface area contributed by atoms with Crippen molar-refractivity contribution in [3.05, 3.63) is 0 Å². The summed E-state index contributed by atoms with van der Waals surface area (Å²) in [6.07, 6.45) is 3.26. The van der Waals surface area contributed by atoms with Gasteiger partial charge in [0.15, 0.2) is 0 Å². The number of nitrogens with one attached hydrogen (secondary N) is 1. The van der Waals surface area contributed by atoms with E-state index in [-0.39, 0.29) is 30.5 Å². The summed E-state index contributed by atoms with van der Waals surface area (Å²) in [5, 5.41) is 12.3. The van der Waals surface area contributed by atoms with Gasteiger partial charge in [-0.1, -0.05) is 0 Å². The third kappa shape index (κ3) is 4.05. The molecule has 0 bridgehead atoms. The van der Waals surface area contributed by atoms with E-state index in [0.29, 0.717) is 0 Å². The Morgan fingerprint density at radius 2 is 1.95 bits per heavy atom. The maximum Gasteiger partial charge on any atom is 0.242 e. The van der Waals surface area contributed by atoms with E-state index in [1.165, 1.54) is 6.42 Å². The molecule has 0 aliphatic carbocycles. The molecule has 19 heavy (non-hydrogen) atoms. The lowest BCUT2D eigenvalue weighted by Gasteiger charge is -2.41. The Morgan fingerprint density at radius 3 is 2.47 bits per heavy atom. The van der Waals surface area contributed by atoms with E-state index in [0.717, 1.165) is 52.1 Å². The molecule has 2 fully saturated rings. The number of carbonyl (C=O) groups is 1. The van der Waals surface area contributed by atoms with E-state index in [4.69, 9.17) is 5.11 Å². The molecular formula is C13H26ClN3O2. The second kappa shape index (κ2) is 7.43. The summed E-state index contributed by atoms with van der Waals surface area (Å²) in [5.74, 6) is 0.255. The van der Waals surface area contributed by atoms with Crippen LogP contribution in [0.3, 0.4) is 0 Å². The van der Waals surface area contributed by atoms with E-state index in [1.807, 2.05) is 11.8 Å². The molecular weight excluding hydrogens is 266 g/mol. The minimum atomic E-state index is -0.350. The van der Waals surface area contributed by atoms with Gasteiger partial charge in [0, 0.05) is 32.7 Å². The van der Waals surface area contributed by atoms with Gasteiger partial charge < -0.3 is 15.3 Å². The Hall–Kier alpha value is -0.360. The number of β-amino-alcohol motifs (C(OH)–C–C–N with tert-alkyl or cyclic N) is 1. The van der Waals surface area contributed by atoms with Crippen LogP contribution < -0.4 is 5.32 Å². The fourth-order valence-corrected chi connectivity index (χ4v) is 2.90. The average Bonchev–Trinajstić information content (AvgIpc) is 2.40. The molecule has 2 heterocycles. The lowest BCUT2D eigenvalue weighted by Crippen LogP contribution is -2.61. The molecule has 0 saturated carbocycles. The first-order valence-corrected chi connectivity index (χ1v) is 7.03. The van der Waals surface area contributed by atoms with Gasteiger partial charge in [-0.3, -0.25) is 9.69 Å². The second-order valence-electron chi connectivity index (χ2n) is 5.57. The first kappa shape index (κ1) is 16.7. The number of nitrogens with zero attached hydrogens (tertiary/aromatic N) is 2. The Bertz CT molecular complexity index is 288. The van der Waals surface area contributed by atoms with Crippen molar-refractivity contribution in [2.45, 2.75) is 31.7 Å². The van der Waals surface area contributed by atoms with Gasteiger partial charge in [0.25, 0.3) is 0 Å². The quantitative estimate of drug-likeness (QED) is 0.773. The van der Waals surface area contributed by atoms with E-state index in [2.05, 4.69) is 10.2 Å². The van der Waals surface area contributed by atoms with Gasteiger partial charge in [-0.2, -0.15) is 0 Å². The molecule has 2 aliphatic heterocycles. The molecule has 0 spiro atoms. The van der Waals surface area contributed by atoms with Crippen LogP contribution in [-0.4, -0.2) is 72.2 Å². The summed E-state index contributed by atoms with van der Waals surface area (Å²) in [4.78, 5) is 16.7. The largest absolute Gasteiger partial charge is 0.395 e. The molecule has 112 valence electrons. The SMILES string of the molecule is CC1(C(=O)N2CCN(CCO)CC2)CCCCN1.Cl. The third-order valence-electron chi connectivity index (χ3n) is 4.17. The number of halogens is 1. The zero-order valence-electron chi connectivity index (χ0n) is 11.7. The third-order valence-corrected chi connectivity index (χ3v) is 4.17. The van der Waals surface area contributed by atoms with Crippen molar-refractivity contribution in [2.75, 3.05) is 45.9 Å². The highest BCUT2D eigenvalue weighted by atomic mass is 35.5. The Balaban J connectivity index is 0.00000180. The van der Waals surface area contributed by atoms with Crippen LogP contribution in [0.25, 0.3) is 0 Å². The molecule has 0 radical (unpaired) electrons. The molecule has 1 amide bonds. The Morgan fingerprint density at radius 1 is 1.26 bits per heavy atom. The summed E-state index contributed by atoms with van der Waals surface area (Å²) in [7, 11) is 0. The van der Waals surface area contributed by atoms with Gasteiger partial charge in [0.2, 0.25) is 5.91 Å². The van der Waals surface area contributed by atoms with Crippen molar-refractivity contribution in [1.29, 1.82) is 0 Å². The maximum absolute atomic E-state index is 12.5. The van der Waals surface area contributed by atoms with Crippen LogP contribution >= 0.6 is 12.4 Å². The van der Waals surface area contributed by atoms with Crippen LogP contribution in [0.15, 0.2) is 0 Å². The average molecular weight is 292 g/mol. The molecule has 2 saturated heterocycles. The van der Waals surface area contributed by atoms with Gasteiger partial charge in [-0.15, -0.1) is 12.4 Å². The molecule has 2 N–H and O–H groups in total. The lowest BCUT2D eigenvalue weighted by atomic mass is 9.89. The predicted octanol–water partition coefficient (Wildman–Crippen LogP) is 0.0769. The summed E-state index contributed by atoms with van der Waals surface area (Å²) in [6, 6.07) is 0. The monoisotopic (exact) mass is 291 g/mol. The molecule has 0 aromatic heterocycles. The number of piperazine rings is 1. The smallest absolute Gasteiger partial charge is 0.242 e. The molecule has 1 atom stereocenters. The minimum absolute atomic E-state index is 0. The normalized spacial score (nSPS) is 28.8. The van der Waals surface area contributed by atoms with Crippen LogP contribution in [0.1, 0.15) is 26.2 Å². The molecule has 5 nitrogen and oxygen atoms in total. The molecule has 0 aromatic rings. The fraction of sp³-hybridized carbons (Fsp3) is 0.923. The van der Waals surface area contributed by atoms with Gasteiger partial charge in [-0.05, 0) is 32.7 Å². The van der Waals surface area contributed by atoms with Crippen LogP contribution in [0, 0.1) is 0 Å². The molecule has 2 aliphatic rings. The van der Waals surface area contributed by atoms with Crippen molar-refractivity contribution in [3.63, 3.8) is 0 Å². The van der Waals surface area contributed by atoms with Crippen LogP contribution in [0.4, 0.5) is 0 Å². The van der Waals surface area contributed by atoms with Gasteiger partial charge >= 0.3 is 0 Å². The number of piperidine rings is 1. The van der Waals surface area contributed by atoms with Crippen LogP contribution in [0.5, 0.6) is 0 Å². The van der Waals surface area contributed by atoms with Crippen LogP contribution in [0.2, 0.25) is 0 Å². The minimum Gasteiger partial charge on any atom is -0.395 e. The molecule has 0 aromatic carbocycles. The van der Waals surface area contributed by atoms with Gasteiger partial charge in [0.1, 0.15) is 0 Å². The van der Waals surface area contributed by atoms with E-state index < -0.39 is 0 Å². The lowest BCUT2D eigenvalue weighted by molar-refractivity contribution is -0.140. The van der Waals surface area contributed by atoms with Gasteiger partial charge in [0.05, 0.1) is 12.1 Å². The number of aliphatic hydroxyl groups excluding tert-OH is 1. The topological polar surface area (TPSA) is 55.8 Å². The van der Waals surface area contributed by atoms with Crippen molar-refractivity contribution in [1.82, 2.24) is 15.1 Å². The number of hydrogen-bond acceptors (Lipinski definition) is 4. The van der Waals surface area contributed by atoms with E-state index >= 15 is 0 Å². The molecule has 6 heteroatoms. The summed E-state index contributed by atoms with van der Waals surface area (Å²) in [5.41, 5.74) is -0.350. The highest BCUT2D eigenvalue weighted by molar-refractivity contribution is 5.86. The molecule has 1 unspecified atom stereocenters. The number of aliphatic hydroxyl groups is 1. The van der Waals surface area contributed by atoms with Crippen molar-refractivity contribution in [3.8, 4) is 0 Å². The summed E-state index contributed by atoms with van der Waals surface area (Å²) < 4.78 is 0. The van der Waals surface area contributed by atoms with Crippen molar-refractivity contribution >= 4 is 18.3 Å². The number of amides is 1. The van der Waals surface area contributed by atoms with Crippen molar-refractivity contribution < 1.29 is 9.90 Å². The van der Waals surface area contributed by atoms with Gasteiger partial charge in [-0.25, -0.2) is 0 Å². The zero-order chi connectivity index (χ0) is 13.0. The highest BCUT2D eigenvalue weighted by Crippen LogP contribution is 2.22. The predicted molar refractivity (Wildman–Crippen MR) is 77.6 cm³/mol. The number of hydrogen-bond donors (Lipinski definition) is 2. The zero-order valence-corrected chi connectivity index (χ0v) is 12.5. The first-order valence-electron chi connectivity index (χ1n) is 7.03. The fourth-order valence-electron chi connectivity index (χ4n) is 2.90. The molecule has 2 rings (SSSR count). The number of rotatable bonds is 3. The summed E-state index contributed by atoms with van der Waals surface area (Å²) >= 11 is 0. The first-order chi connectivity index (χ1) is 8.65. The highest BCUT2D eigenvalue weighted by Gasteiger charge is 2.38. The Labute approximate surface area is 121 Å².